The van der Waals surface area contributed by atoms with E-state index in [-0.39, 0.29) is 23.3 Å². The normalized spacial score (nSPS) is 15.1. The summed E-state index contributed by atoms with van der Waals surface area (Å²) in [4.78, 5) is 28.6. The van der Waals surface area contributed by atoms with Crippen LogP contribution >= 0.6 is 0 Å². The zero-order chi connectivity index (χ0) is 23.1. The van der Waals surface area contributed by atoms with Crippen LogP contribution < -0.4 is 19.6 Å². The van der Waals surface area contributed by atoms with Gasteiger partial charge in [-0.15, -0.1) is 0 Å². The number of furan rings is 1. The first-order valence-electron chi connectivity index (χ1n) is 10.3. The molecule has 0 fully saturated rings. The molecule has 0 radical (unpaired) electrons. The maximum absolute atomic E-state index is 13.6. The van der Waals surface area contributed by atoms with Crippen molar-refractivity contribution in [2.45, 2.75) is 12.6 Å². The van der Waals surface area contributed by atoms with Crippen molar-refractivity contribution in [2.24, 2.45) is 0 Å². The molecule has 0 saturated carbocycles. The summed E-state index contributed by atoms with van der Waals surface area (Å²) in [6.07, 6.45) is 1.54. The standard InChI is InChI=1S/C25H21NO7/c1-29-18-11-14(12-19(30-2)23(18)31-3)21-20-22(27)16-8-4-5-9-17(16)33-24(20)25(28)26(21)13-15-7-6-10-32-15/h4-12,21H,13H2,1-3H3. The monoisotopic (exact) mass is 447 g/mol. The molecule has 1 unspecified atom stereocenters. The van der Waals surface area contributed by atoms with E-state index < -0.39 is 11.9 Å². The van der Waals surface area contributed by atoms with E-state index in [9.17, 15) is 9.59 Å². The minimum absolute atomic E-state index is 0.0176. The van der Waals surface area contributed by atoms with Crippen molar-refractivity contribution in [3.05, 3.63) is 87.7 Å². The van der Waals surface area contributed by atoms with Gasteiger partial charge in [-0.1, -0.05) is 12.1 Å². The van der Waals surface area contributed by atoms with Crippen molar-refractivity contribution in [3.8, 4) is 17.2 Å². The summed E-state index contributed by atoms with van der Waals surface area (Å²) in [5, 5.41) is 0.404. The van der Waals surface area contributed by atoms with Crippen LogP contribution in [0.4, 0.5) is 0 Å². The topological polar surface area (TPSA) is 91.4 Å². The third-order valence-electron chi connectivity index (χ3n) is 5.78. The molecule has 1 amide bonds. The predicted molar refractivity (Wildman–Crippen MR) is 119 cm³/mol. The molecule has 0 saturated heterocycles. The van der Waals surface area contributed by atoms with Gasteiger partial charge in [0.15, 0.2) is 16.9 Å². The lowest BCUT2D eigenvalue weighted by atomic mass is 9.97. The number of fused-ring (bicyclic) bond motifs is 2. The first-order chi connectivity index (χ1) is 16.1. The Morgan fingerprint density at radius 1 is 0.939 bits per heavy atom. The second-order valence-electron chi connectivity index (χ2n) is 7.54. The van der Waals surface area contributed by atoms with Crippen molar-refractivity contribution in [3.63, 3.8) is 0 Å². The van der Waals surface area contributed by atoms with Gasteiger partial charge >= 0.3 is 0 Å². The number of benzene rings is 2. The van der Waals surface area contributed by atoms with Gasteiger partial charge in [-0.2, -0.15) is 0 Å². The zero-order valence-corrected chi connectivity index (χ0v) is 18.3. The Balaban J connectivity index is 1.77. The number of para-hydroxylation sites is 1. The molecule has 8 nitrogen and oxygen atoms in total. The first kappa shape index (κ1) is 20.7. The molecule has 33 heavy (non-hydrogen) atoms. The highest BCUT2D eigenvalue weighted by Gasteiger charge is 2.43. The van der Waals surface area contributed by atoms with Crippen LogP contribution in [0.2, 0.25) is 0 Å². The van der Waals surface area contributed by atoms with E-state index in [4.69, 9.17) is 23.0 Å². The number of rotatable bonds is 6. The lowest BCUT2D eigenvalue weighted by Gasteiger charge is -2.25. The van der Waals surface area contributed by atoms with Gasteiger partial charge in [0.2, 0.25) is 11.5 Å². The number of nitrogens with zero attached hydrogens (tertiary/aromatic N) is 1. The Morgan fingerprint density at radius 2 is 1.67 bits per heavy atom. The summed E-state index contributed by atoms with van der Waals surface area (Å²) in [5.74, 6) is 1.43. The van der Waals surface area contributed by atoms with Crippen molar-refractivity contribution >= 4 is 16.9 Å². The summed E-state index contributed by atoms with van der Waals surface area (Å²) in [7, 11) is 4.53. The van der Waals surface area contributed by atoms with Gasteiger partial charge in [0.25, 0.3) is 5.91 Å². The van der Waals surface area contributed by atoms with Gasteiger partial charge in [0.1, 0.15) is 11.3 Å². The van der Waals surface area contributed by atoms with E-state index in [1.54, 1.807) is 53.4 Å². The van der Waals surface area contributed by atoms with Crippen LogP contribution in [0.1, 0.15) is 33.5 Å². The van der Waals surface area contributed by atoms with E-state index >= 15 is 0 Å². The largest absolute Gasteiger partial charge is 0.493 e. The molecular weight excluding hydrogens is 426 g/mol. The highest BCUT2D eigenvalue weighted by Crippen LogP contribution is 2.45. The molecule has 0 bridgehead atoms. The summed E-state index contributed by atoms with van der Waals surface area (Å²) < 4.78 is 27.9. The number of amides is 1. The highest BCUT2D eigenvalue weighted by atomic mass is 16.5. The third kappa shape index (κ3) is 3.22. The molecule has 1 atom stereocenters. The van der Waals surface area contributed by atoms with Crippen LogP contribution in [0.5, 0.6) is 17.2 Å². The van der Waals surface area contributed by atoms with E-state index in [1.807, 2.05) is 0 Å². The molecule has 168 valence electrons. The molecule has 8 heteroatoms. The van der Waals surface area contributed by atoms with Crippen LogP contribution in [0.3, 0.4) is 0 Å². The lowest BCUT2D eigenvalue weighted by Crippen LogP contribution is -2.29. The highest BCUT2D eigenvalue weighted by molar-refractivity contribution is 5.99. The molecule has 0 aliphatic carbocycles. The number of carbonyl (C=O) groups is 1. The molecular formula is C25H21NO7. The molecule has 2 aromatic heterocycles. The van der Waals surface area contributed by atoms with E-state index in [1.165, 1.54) is 27.6 Å². The fourth-order valence-corrected chi connectivity index (χ4v) is 4.31. The fraction of sp³-hybridized carbons (Fsp3) is 0.200. The average molecular weight is 447 g/mol. The Morgan fingerprint density at radius 3 is 2.30 bits per heavy atom. The quantitative estimate of drug-likeness (QED) is 0.438. The van der Waals surface area contributed by atoms with Crippen LogP contribution in [-0.2, 0) is 6.54 Å². The molecule has 1 aliphatic rings. The van der Waals surface area contributed by atoms with E-state index in [0.29, 0.717) is 39.5 Å². The second kappa shape index (κ2) is 8.05. The summed E-state index contributed by atoms with van der Waals surface area (Å²) in [6.45, 7) is 0.146. The van der Waals surface area contributed by atoms with Gasteiger partial charge in [0.05, 0.1) is 51.1 Å². The molecule has 0 spiro atoms. The summed E-state index contributed by atoms with van der Waals surface area (Å²) in [6, 6.07) is 13.1. The molecule has 3 heterocycles. The third-order valence-corrected chi connectivity index (χ3v) is 5.78. The molecule has 1 aliphatic heterocycles. The van der Waals surface area contributed by atoms with E-state index in [2.05, 4.69) is 0 Å². The van der Waals surface area contributed by atoms with Crippen molar-refractivity contribution in [1.29, 1.82) is 0 Å². The summed E-state index contributed by atoms with van der Waals surface area (Å²) >= 11 is 0. The van der Waals surface area contributed by atoms with Crippen molar-refractivity contribution < 1.29 is 27.8 Å². The van der Waals surface area contributed by atoms with Crippen LogP contribution in [0.15, 0.2) is 68.4 Å². The van der Waals surface area contributed by atoms with Gasteiger partial charge in [0, 0.05) is 0 Å². The number of ether oxygens (including phenoxy) is 3. The Hall–Kier alpha value is -4.20. The Labute approximate surface area is 188 Å². The van der Waals surface area contributed by atoms with Gasteiger partial charge in [-0.05, 0) is 42.0 Å². The maximum atomic E-state index is 13.6. The van der Waals surface area contributed by atoms with Crippen LogP contribution in [0, 0.1) is 0 Å². The average Bonchev–Trinajstić information content (AvgIpc) is 3.45. The molecule has 4 aromatic rings. The van der Waals surface area contributed by atoms with Gasteiger partial charge < -0.3 is 27.9 Å². The minimum Gasteiger partial charge on any atom is -0.493 e. The van der Waals surface area contributed by atoms with Crippen molar-refractivity contribution in [2.75, 3.05) is 21.3 Å². The van der Waals surface area contributed by atoms with Gasteiger partial charge in [-0.25, -0.2) is 0 Å². The molecule has 5 rings (SSSR count). The number of hydrogen-bond acceptors (Lipinski definition) is 7. The minimum atomic E-state index is -0.743. The number of hydrogen-bond donors (Lipinski definition) is 0. The Bertz CT molecular complexity index is 1380. The number of methoxy groups -OCH3 is 3. The predicted octanol–water partition coefficient (Wildman–Crippen LogP) is 4.16. The maximum Gasteiger partial charge on any atom is 0.291 e. The van der Waals surface area contributed by atoms with Crippen molar-refractivity contribution in [1.82, 2.24) is 4.90 Å². The lowest BCUT2D eigenvalue weighted by molar-refractivity contribution is 0.0701. The summed E-state index contributed by atoms with van der Waals surface area (Å²) in [5.41, 5.74) is 0.976. The second-order valence-corrected chi connectivity index (χ2v) is 7.54. The first-order valence-corrected chi connectivity index (χ1v) is 10.3. The zero-order valence-electron chi connectivity index (χ0n) is 18.3. The SMILES string of the molecule is COc1cc(C2c3c(oc4ccccc4c3=O)C(=O)N2Cc2ccco2)cc(OC)c1OC. The van der Waals surface area contributed by atoms with Crippen LogP contribution in [0.25, 0.3) is 11.0 Å². The fourth-order valence-electron chi connectivity index (χ4n) is 4.31. The van der Waals surface area contributed by atoms with Crippen LogP contribution in [-0.4, -0.2) is 32.1 Å². The molecule has 0 N–H and O–H groups in total. The smallest absolute Gasteiger partial charge is 0.291 e. The Kier molecular flexibility index (Phi) is 5.05. The number of carbonyl (C=O) groups excluding carboxylic acids is 1. The van der Waals surface area contributed by atoms with Gasteiger partial charge in [-0.3, -0.25) is 9.59 Å². The molecule has 2 aromatic carbocycles. The van der Waals surface area contributed by atoms with E-state index in [0.717, 1.165) is 0 Å².